The fourth-order valence-electron chi connectivity index (χ4n) is 0.344. The molecule has 0 saturated carbocycles. The molecule has 4 nitrogen and oxygen atoms in total. The van der Waals surface area contributed by atoms with E-state index in [0.717, 1.165) is 6.20 Å². The summed E-state index contributed by atoms with van der Waals surface area (Å²) in [5.41, 5.74) is -0.771. The summed E-state index contributed by atoms with van der Waals surface area (Å²) in [7, 11) is 0. The quantitative estimate of drug-likeness (QED) is 0.457. The molecule has 1 heterocycles. The third kappa shape index (κ3) is 0.676. The molecule has 0 unspecified atom stereocenters. The van der Waals surface area contributed by atoms with Crippen LogP contribution in [0.15, 0.2) is 23.3 Å². The summed E-state index contributed by atoms with van der Waals surface area (Å²) >= 11 is 0. The lowest BCUT2D eigenvalue weighted by molar-refractivity contribution is 0.922. The topological polar surface area (TPSA) is 58.0 Å². The van der Waals surface area contributed by atoms with Crippen LogP contribution in [0.25, 0.3) is 0 Å². The second kappa shape index (κ2) is 1.65. The first kappa shape index (κ1) is 4.83. The lowest BCUT2D eigenvalue weighted by Crippen LogP contribution is -2.16. The third-order valence-electron chi connectivity index (χ3n) is 0.681. The molecule has 0 spiro atoms. The third-order valence-corrected chi connectivity index (χ3v) is 0.681. The second-order valence-electron chi connectivity index (χ2n) is 1.23. The van der Waals surface area contributed by atoms with Crippen LogP contribution >= 0.6 is 0 Å². The van der Waals surface area contributed by atoms with Crippen LogP contribution in [0.4, 0.5) is 0 Å². The number of nitrogens with zero attached hydrogens (tertiary/aromatic N) is 2. The first-order valence-electron chi connectivity index (χ1n) is 2.02. The van der Waals surface area contributed by atoms with E-state index in [-0.39, 0.29) is 4.73 Å². The molecule has 1 rings (SSSR count). The highest BCUT2D eigenvalue weighted by atomic mass is 16.5. The van der Waals surface area contributed by atoms with Gasteiger partial charge < -0.3 is 9.94 Å². The van der Waals surface area contributed by atoms with Crippen molar-refractivity contribution in [1.29, 1.82) is 0 Å². The van der Waals surface area contributed by atoms with Crippen molar-refractivity contribution in [2.75, 3.05) is 0 Å². The predicted octanol–water partition coefficient (Wildman–Crippen LogP) is -0.411. The van der Waals surface area contributed by atoms with Gasteiger partial charge in [0, 0.05) is 12.4 Å². The highest BCUT2D eigenvalue weighted by Crippen LogP contribution is 1.69. The van der Waals surface area contributed by atoms with Crippen molar-refractivity contribution in [2.24, 2.45) is 0 Å². The van der Waals surface area contributed by atoms with Crippen molar-refractivity contribution in [1.82, 2.24) is 9.71 Å². The summed E-state index contributed by atoms with van der Waals surface area (Å²) in [5.74, 6) is 0. The summed E-state index contributed by atoms with van der Waals surface area (Å²) in [6.07, 6.45) is 2.38. The van der Waals surface area contributed by atoms with Gasteiger partial charge in [-0.1, -0.05) is 0 Å². The molecule has 1 aromatic rings. The van der Waals surface area contributed by atoms with Crippen LogP contribution < -0.4 is 5.69 Å². The van der Waals surface area contributed by atoms with Gasteiger partial charge in [0.25, 0.3) is 0 Å². The molecule has 1 aromatic heterocycles. The molecule has 0 aliphatic carbocycles. The second-order valence-corrected chi connectivity index (χ2v) is 1.23. The van der Waals surface area contributed by atoms with Gasteiger partial charge in [-0.3, -0.25) is 0 Å². The van der Waals surface area contributed by atoms with Gasteiger partial charge >= 0.3 is 5.69 Å². The van der Waals surface area contributed by atoms with Gasteiger partial charge in [0.1, 0.15) is 0 Å². The van der Waals surface area contributed by atoms with Gasteiger partial charge in [0.05, 0.1) is 0 Å². The molecular formula is C4H3N2O2-. The fraction of sp³-hybridized carbons (Fsp3) is 0. The maximum absolute atomic E-state index is 10.2. The Balaban J connectivity index is 3.35. The summed E-state index contributed by atoms with van der Waals surface area (Å²) in [6, 6.07) is 1.40. The van der Waals surface area contributed by atoms with E-state index in [1.165, 1.54) is 12.3 Å². The largest absolute Gasteiger partial charge is 0.802 e. The molecule has 0 saturated heterocycles. The molecule has 0 atom stereocenters. The van der Waals surface area contributed by atoms with Gasteiger partial charge in [0.15, 0.2) is 0 Å². The molecule has 4 heteroatoms. The highest BCUT2D eigenvalue weighted by Gasteiger charge is 1.76. The molecule has 0 aromatic carbocycles. The molecule has 0 radical (unpaired) electrons. The number of hydrogen-bond donors (Lipinski definition) is 0. The van der Waals surface area contributed by atoms with Gasteiger partial charge in [0.2, 0.25) is 0 Å². The number of aromatic nitrogens is 2. The van der Waals surface area contributed by atoms with E-state index < -0.39 is 5.69 Å². The molecule has 0 amide bonds. The molecule has 0 aliphatic rings. The van der Waals surface area contributed by atoms with Crippen molar-refractivity contribution < 1.29 is 0 Å². The maximum Gasteiger partial charge on any atom is 0.342 e. The zero-order chi connectivity index (χ0) is 5.98. The average Bonchev–Trinajstić information content (AvgIpc) is 1.77. The van der Waals surface area contributed by atoms with Gasteiger partial charge in [-0.2, -0.15) is 0 Å². The molecule has 0 aliphatic heterocycles. The van der Waals surface area contributed by atoms with Crippen molar-refractivity contribution in [3.05, 3.63) is 34.2 Å². The van der Waals surface area contributed by atoms with E-state index in [2.05, 4.69) is 4.98 Å². The molecule has 0 bridgehead atoms. The number of rotatable bonds is 0. The van der Waals surface area contributed by atoms with Gasteiger partial charge in [-0.25, -0.2) is 9.78 Å². The van der Waals surface area contributed by atoms with Crippen LogP contribution in [0.3, 0.4) is 0 Å². The van der Waals surface area contributed by atoms with E-state index in [4.69, 9.17) is 0 Å². The monoisotopic (exact) mass is 111 g/mol. The van der Waals surface area contributed by atoms with Crippen LogP contribution in [-0.2, 0) is 0 Å². The molecule has 8 heavy (non-hydrogen) atoms. The first-order valence-corrected chi connectivity index (χ1v) is 2.02. The Bertz CT molecular complexity index is 229. The zero-order valence-electron chi connectivity index (χ0n) is 3.94. The fourth-order valence-corrected chi connectivity index (χ4v) is 0.344. The predicted molar refractivity (Wildman–Crippen MR) is 27.3 cm³/mol. The Hall–Kier alpha value is -1.32. The van der Waals surface area contributed by atoms with Crippen molar-refractivity contribution in [2.45, 2.75) is 0 Å². The Kier molecular flexibility index (Phi) is 0.997. The Morgan fingerprint density at radius 2 is 2.50 bits per heavy atom. The van der Waals surface area contributed by atoms with Crippen molar-refractivity contribution >= 4 is 0 Å². The van der Waals surface area contributed by atoms with Crippen molar-refractivity contribution in [3.8, 4) is 0 Å². The normalized spacial score (nSPS) is 9.00. The maximum atomic E-state index is 10.2. The highest BCUT2D eigenvalue weighted by molar-refractivity contribution is 4.81. The van der Waals surface area contributed by atoms with Gasteiger partial charge in [-0.05, 0) is 6.07 Å². The smallest absolute Gasteiger partial charge is 0.342 e. The SMILES string of the molecule is O=c1ncccn1[O-]. The minimum atomic E-state index is -0.771. The summed E-state index contributed by atoms with van der Waals surface area (Å²) in [4.78, 5) is 13.3. The lowest BCUT2D eigenvalue weighted by Gasteiger charge is -2.02. The van der Waals surface area contributed by atoms with E-state index in [0.29, 0.717) is 0 Å². The minimum Gasteiger partial charge on any atom is -0.802 e. The van der Waals surface area contributed by atoms with E-state index in [9.17, 15) is 10.0 Å². The van der Waals surface area contributed by atoms with Crippen LogP contribution in [-0.4, -0.2) is 9.71 Å². The molecule has 0 N–H and O–H groups in total. The van der Waals surface area contributed by atoms with Crippen LogP contribution in [0.1, 0.15) is 0 Å². The van der Waals surface area contributed by atoms with Crippen LogP contribution in [0.5, 0.6) is 0 Å². The lowest BCUT2D eigenvalue weighted by atomic mass is 10.7. The van der Waals surface area contributed by atoms with E-state index in [1.807, 2.05) is 0 Å². The van der Waals surface area contributed by atoms with E-state index >= 15 is 0 Å². The summed E-state index contributed by atoms with van der Waals surface area (Å²) in [6.45, 7) is 0. The first-order chi connectivity index (χ1) is 3.80. The molecule has 42 valence electrons. The summed E-state index contributed by atoms with van der Waals surface area (Å²) < 4.78 is 0.167. The van der Waals surface area contributed by atoms with E-state index in [1.54, 1.807) is 0 Å². The van der Waals surface area contributed by atoms with Gasteiger partial charge in [-0.15, -0.1) is 0 Å². The van der Waals surface area contributed by atoms with Crippen LogP contribution in [0, 0.1) is 5.21 Å². The minimum absolute atomic E-state index is 0.167. The Morgan fingerprint density at radius 3 is 2.88 bits per heavy atom. The Morgan fingerprint density at radius 1 is 1.75 bits per heavy atom. The molecular weight excluding hydrogens is 108 g/mol. The van der Waals surface area contributed by atoms with Crippen molar-refractivity contribution in [3.63, 3.8) is 0 Å². The standard InChI is InChI=1S/C4H3N2O2/c7-4-5-2-1-3-6(4)8/h1-3H/q-1. The zero-order valence-corrected chi connectivity index (χ0v) is 3.94. The number of hydrogen-bond acceptors (Lipinski definition) is 3. The average molecular weight is 111 g/mol. The van der Waals surface area contributed by atoms with Crippen LogP contribution in [0.2, 0.25) is 0 Å². The summed E-state index contributed by atoms with van der Waals surface area (Å²) in [5, 5.41) is 10.2. The molecule has 0 fully saturated rings. The Labute approximate surface area is 45.0 Å².